The molecular formula is C6H10N4O2. The van der Waals surface area contributed by atoms with Crippen LogP contribution in [0.15, 0.2) is 6.07 Å². The molecule has 66 valence electrons. The Labute approximate surface area is 69.1 Å². The van der Waals surface area contributed by atoms with Gasteiger partial charge in [-0.1, -0.05) is 0 Å². The minimum Gasteiger partial charge on any atom is -0.390 e. The highest BCUT2D eigenvalue weighted by Crippen LogP contribution is 2.09. The van der Waals surface area contributed by atoms with Crippen LogP contribution in [0.1, 0.15) is 5.69 Å². The zero-order chi connectivity index (χ0) is 9.14. The largest absolute Gasteiger partial charge is 0.411 e. The number of carbonyl (C=O) groups excluding carboxylic acids is 1. The van der Waals surface area contributed by atoms with Gasteiger partial charge in [-0.25, -0.2) is 4.79 Å². The van der Waals surface area contributed by atoms with E-state index in [-0.39, 0.29) is 5.88 Å². The lowest BCUT2D eigenvalue weighted by Crippen LogP contribution is -2.16. The molecule has 0 saturated carbocycles. The molecule has 0 spiro atoms. The Morgan fingerprint density at radius 2 is 2.50 bits per heavy atom. The fourth-order valence-electron chi connectivity index (χ4n) is 0.821. The van der Waals surface area contributed by atoms with E-state index in [1.807, 2.05) is 0 Å². The Hall–Kier alpha value is -1.56. The van der Waals surface area contributed by atoms with E-state index in [9.17, 15) is 4.79 Å². The van der Waals surface area contributed by atoms with E-state index in [1.165, 1.54) is 4.68 Å². The topological polar surface area (TPSA) is 96.2 Å². The number of hydrogen-bond acceptors (Lipinski definition) is 4. The third-order valence-electron chi connectivity index (χ3n) is 1.37. The van der Waals surface area contributed by atoms with Crippen LogP contribution in [0.5, 0.6) is 5.88 Å². The number of nitrogens with zero attached hydrogens (tertiary/aromatic N) is 2. The van der Waals surface area contributed by atoms with E-state index in [1.54, 1.807) is 13.1 Å². The second kappa shape index (κ2) is 3.22. The summed E-state index contributed by atoms with van der Waals surface area (Å²) in [4.78, 5) is 10.3. The molecule has 0 saturated heterocycles. The molecule has 1 heterocycles. The Bertz CT molecular complexity index is 294. The van der Waals surface area contributed by atoms with Crippen LogP contribution in [0, 0.1) is 0 Å². The van der Waals surface area contributed by atoms with Crippen molar-refractivity contribution < 1.29 is 9.53 Å². The van der Waals surface area contributed by atoms with Crippen molar-refractivity contribution >= 4 is 6.09 Å². The molecule has 0 aliphatic heterocycles. The molecule has 0 aromatic carbocycles. The summed E-state index contributed by atoms with van der Waals surface area (Å²) in [5.74, 6) is 0.172. The summed E-state index contributed by atoms with van der Waals surface area (Å²) in [6.45, 7) is 0.339. The number of ether oxygens (including phenoxy) is 1. The molecule has 6 nitrogen and oxygen atoms in total. The molecule has 1 aromatic heterocycles. The molecule has 0 bridgehead atoms. The first kappa shape index (κ1) is 8.54. The first-order chi connectivity index (χ1) is 5.63. The molecule has 1 amide bonds. The summed E-state index contributed by atoms with van der Waals surface area (Å²) < 4.78 is 6.05. The molecule has 0 aliphatic rings. The van der Waals surface area contributed by atoms with Crippen molar-refractivity contribution in [2.24, 2.45) is 18.5 Å². The monoisotopic (exact) mass is 170 g/mol. The quantitative estimate of drug-likeness (QED) is 0.615. The van der Waals surface area contributed by atoms with Crippen LogP contribution in [0.3, 0.4) is 0 Å². The van der Waals surface area contributed by atoms with Crippen LogP contribution in [-0.4, -0.2) is 15.9 Å². The molecule has 0 aliphatic carbocycles. The molecule has 0 radical (unpaired) electrons. The van der Waals surface area contributed by atoms with Gasteiger partial charge in [-0.05, 0) is 0 Å². The highest BCUT2D eigenvalue weighted by molar-refractivity contribution is 5.67. The maximum absolute atomic E-state index is 10.3. The van der Waals surface area contributed by atoms with Gasteiger partial charge in [0.15, 0.2) is 0 Å². The molecule has 6 heteroatoms. The van der Waals surface area contributed by atoms with Gasteiger partial charge < -0.3 is 16.2 Å². The average Bonchev–Trinajstić information content (AvgIpc) is 2.29. The van der Waals surface area contributed by atoms with Gasteiger partial charge in [-0.3, -0.25) is 4.68 Å². The van der Waals surface area contributed by atoms with Crippen molar-refractivity contribution in [3.05, 3.63) is 11.8 Å². The highest BCUT2D eigenvalue weighted by Gasteiger charge is 2.05. The highest BCUT2D eigenvalue weighted by atomic mass is 16.6. The normalized spacial score (nSPS) is 9.83. The molecule has 1 aromatic rings. The lowest BCUT2D eigenvalue weighted by atomic mass is 10.4. The smallest absolute Gasteiger partial charge is 0.390 e. The van der Waals surface area contributed by atoms with Gasteiger partial charge in [0.2, 0.25) is 5.88 Å². The fraction of sp³-hybridized carbons (Fsp3) is 0.333. The number of hydrogen-bond donors (Lipinski definition) is 2. The van der Waals surface area contributed by atoms with Crippen molar-refractivity contribution in [3.8, 4) is 5.88 Å². The number of aryl methyl sites for hydroxylation is 1. The van der Waals surface area contributed by atoms with E-state index in [4.69, 9.17) is 11.5 Å². The first-order valence-electron chi connectivity index (χ1n) is 3.33. The van der Waals surface area contributed by atoms with E-state index in [0.29, 0.717) is 6.54 Å². The minimum atomic E-state index is -0.878. The number of carbonyl (C=O) groups is 1. The molecule has 0 atom stereocenters. The molecule has 12 heavy (non-hydrogen) atoms. The van der Waals surface area contributed by atoms with Crippen LogP contribution >= 0.6 is 0 Å². The lowest BCUT2D eigenvalue weighted by Gasteiger charge is -1.93. The summed E-state index contributed by atoms with van der Waals surface area (Å²) in [7, 11) is 1.70. The molecular weight excluding hydrogens is 160 g/mol. The number of amides is 1. The lowest BCUT2D eigenvalue weighted by molar-refractivity contribution is 0.208. The molecule has 0 unspecified atom stereocenters. The molecule has 1 rings (SSSR count). The Balaban J connectivity index is 2.82. The number of aromatic nitrogens is 2. The summed E-state index contributed by atoms with van der Waals surface area (Å²) in [6.07, 6.45) is -0.878. The van der Waals surface area contributed by atoms with E-state index in [2.05, 4.69) is 9.84 Å². The third kappa shape index (κ3) is 1.73. The maximum atomic E-state index is 10.3. The zero-order valence-corrected chi connectivity index (χ0v) is 6.65. The number of primary amides is 1. The minimum absolute atomic E-state index is 0.172. The summed E-state index contributed by atoms with van der Waals surface area (Å²) in [5.41, 5.74) is 10.9. The van der Waals surface area contributed by atoms with Gasteiger partial charge in [0.05, 0.1) is 5.69 Å². The first-order valence-corrected chi connectivity index (χ1v) is 3.33. The average molecular weight is 170 g/mol. The summed E-state index contributed by atoms with van der Waals surface area (Å²) in [6, 6.07) is 1.56. The van der Waals surface area contributed by atoms with Crippen LogP contribution in [-0.2, 0) is 13.6 Å². The van der Waals surface area contributed by atoms with Crippen molar-refractivity contribution in [1.29, 1.82) is 0 Å². The van der Waals surface area contributed by atoms with Gasteiger partial charge in [-0.15, -0.1) is 5.10 Å². The Kier molecular flexibility index (Phi) is 2.29. The predicted molar refractivity (Wildman–Crippen MR) is 41.3 cm³/mol. The maximum Gasteiger partial charge on any atom is 0.411 e. The van der Waals surface area contributed by atoms with Gasteiger partial charge in [-0.2, -0.15) is 0 Å². The summed E-state index contributed by atoms with van der Waals surface area (Å²) in [5, 5.41) is 3.84. The van der Waals surface area contributed by atoms with Crippen molar-refractivity contribution in [2.75, 3.05) is 0 Å². The predicted octanol–water partition coefficient (Wildman–Crippen LogP) is -0.664. The zero-order valence-electron chi connectivity index (χ0n) is 6.65. The third-order valence-corrected chi connectivity index (χ3v) is 1.37. The van der Waals surface area contributed by atoms with Crippen LogP contribution in [0.4, 0.5) is 4.79 Å². The second-order valence-corrected chi connectivity index (χ2v) is 2.22. The fourth-order valence-corrected chi connectivity index (χ4v) is 0.821. The van der Waals surface area contributed by atoms with E-state index in [0.717, 1.165) is 5.69 Å². The van der Waals surface area contributed by atoms with Crippen molar-refractivity contribution in [2.45, 2.75) is 6.54 Å². The standard InChI is InChI=1S/C6H10N4O2/c1-10-4(3-7)2-5(9-10)12-6(8)11/h2H,3,7H2,1H3,(H2,8,11). The van der Waals surface area contributed by atoms with Gasteiger partial charge in [0.25, 0.3) is 0 Å². The molecule has 0 fully saturated rings. The van der Waals surface area contributed by atoms with Crippen molar-refractivity contribution in [1.82, 2.24) is 9.78 Å². The molecule has 4 N–H and O–H groups in total. The number of nitrogens with two attached hydrogens (primary N) is 2. The van der Waals surface area contributed by atoms with Gasteiger partial charge in [0, 0.05) is 19.7 Å². The second-order valence-electron chi connectivity index (χ2n) is 2.22. The van der Waals surface area contributed by atoms with Crippen molar-refractivity contribution in [3.63, 3.8) is 0 Å². The van der Waals surface area contributed by atoms with Gasteiger partial charge in [0.1, 0.15) is 0 Å². The van der Waals surface area contributed by atoms with Crippen LogP contribution in [0.25, 0.3) is 0 Å². The summed E-state index contributed by atoms with van der Waals surface area (Å²) >= 11 is 0. The van der Waals surface area contributed by atoms with Gasteiger partial charge >= 0.3 is 6.09 Å². The van der Waals surface area contributed by atoms with E-state index < -0.39 is 6.09 Å². The number of rotatable bonds is 2. The van der Waals surface area contributed by atoms with E-state index >= 15 is 0 Å². The Morgan fingerprint density at radius 1 is 1.83 bits per heavy atom. The Morgan fingerprint density at radius 3 is 2.92 bits per heavy atom. The SMILES string of the molecule is Cn1nc(OC(N)=O)cc1CN. The van der Waals surface area contributed by atoms with Crippen LogP contribution < -0.4 is 16.2 Å². The van der Waals surface area contributed by atoms with Crippen LogP contribution in [0.2, 0.25) is 0 Å².